The van der Waals surface area contributed by atoms with E-state index >= 15 is 0 Å². The lowest BCUT2D eigenvalue weighted by molar-refractivity contribution is -0.123. The number of benzene rings is 1. The Morgan fingerprint density at radius 1 is 1.24 bits per heavy atom. The number of nitrogens with one attached hydrogen (secondary N) is 1. The Morgan fingerprint density at radius 3 is 2.52 bits per heavy atom. The molecule has 2 aromatic rings. The Bertz CT molecular complexity index is 950. The van der Waals surface area contributed by atoms with E-state index in [0.29, 0.717) is 5.69 Å². The van der Waals surface area contributed by atoms with Crippen molar-refractivity contribution in [3.8, 4) is 0 Å². The van der Waals surface area contributed by atoms with E-state index in [2.05, 4.69) is 10.3 Å². The van der Waals surface area contributed by atoms with Gasteiger partial charge >= 0.3 is 6.09 Å². The molecule has 1 fully saturated rings. The quantitative estimate of drug-likeness (QED) is 0.529. The molecule has 33 heavy (non-hydrogen) atoms. The minimum Gasteiger partial charge on any atom is -0.443 e. The number of aliphatic hydroxyl groups is 2. The van der Waals surface area contributed by atoms with E-state index in [9.17, 15) is 24.2 Å². The fraction of sp³-hybridized carbons (Fsp3) is 0.542. The average molecular weight is 462 g/mol. The Kier molecular flexibility index (Phi) is 7.86. The summed E-state index contributed by atoms with van der Waals surface area (Å²) in [5, 5.41) is 23.9. The molecule has 1 aliphatic rings. The lowest BCUT2D eigenvalue weighted by atomic mass is 9.95. The molecule has 0 spiro atoms. The molecule has 0 aliphatic heterocycles. The van der Waals surface area contributed by atoms with Crippen LogP contribution in [0, 0.1) is 11.7 Å². The van der Waals surface area contributed by atoms with Crippen molar-refractivity contribution in [1.29, 1.82) is 0 Å². The normalized spacial score (nSPS) is 16.7. The molecule has 3 rings (SSSR count). The second-order valence-corrected chi connectivity index (χ2v) is 9.58. The topological polar surface area (TPSA) is 114 Å². The van der Waals surface area contributed by atoms with Gasteiger partial charge in [0.2, 0.25) is 5.91 Å². The predicted molar refractivity (Wildman–Crippen MR) is 119 cm³/mol. The number of aryl methyl sites for hydroxylation is 1. The lowest BCUT2D eigenvalue weighted by Crippen LogP contribution is -2.50. The highest BCUT2D eigenvalue weighted by Crippen LogP contribution is 2.34. The maximum atomic E-state index is 13.2. The first-order valence-electron chi connectivity index (χ1n) is 11.2. The maximum absolute atomic E-state index is 13.2. The molecule has 0 bridgehead atoms. The van der Waals surface area contributed by atoms with Gasteiger partial charge in [-0.05, 0) is 70.1 Å². The molecule has 1 amide bonds. The van der Waals surface area contributed by atoms with Crippen LogP contribution in [-0.4, -0.2) is 55.6 Å². The number of aromatic nitrogens is 2. The number of halogens is 1. The van der Waals surface area contributed by atoms with Crippen LogP contribution in [0.1, 0.15) is 51.3 Å². The fourth-order valence-corrected chi connectivity index (χ4v) is 3.51. The van der Waals surface area contributed by atoms with Crippen LogP contribution in [0.15, 0.2) is 36.8 Å². The zero-order valence-electron chi connectivity index (χ0n) is 19.2. The molecular formula is C24H32FN3O5. The highest BCUT2D eigenvalue weighted by Gasteiger charge is 2.38. The minimum absolute atomic E-state index is 0.0319. The highest BCUT2D eigenvalue weighted by atomic mass is 19.1. The molecule has 3 N–H and O–H groups in total. The Balaban J connectivity index is 1.58. The van der Waals surface area contributed by atoms with Crippen molar-refractivity contribution in [2.75, 3.05) is 0 Å². The number of rotatable bonds is 9. The monoisotopic (exact) mass is 461 g/mol. The third-order valence-corrected chi connectivity index (χ3v) is 5.43. The van der Waals surface area contributed by atoms with Crippen molar-refractivity contribution >= 4 is 12.0 Å². The number of aliphatic hydroxyl groups excluding tert-OH is 2. The van der Waals surface area contributed by atoms with Crippen LogP contribution in [0.5, 0.6) is 0 Å². The van der Waals surface area contributed by atoms with Crippen molar-refractivity contribution in [2.24, 2.45) is 5.92 Å². The molecule has 8 nitrogen and oxygen atoms in total. The van der Waals surface area contributed by atoms with Crippen molar-refractivity contribution in [3.05, 3.63) is 53.9 Å². The largest absolute Gasteiger partial charge is 0.443 e. The number of carbonyl (C=O) groups is 2. The van der Waals surface area contributed by atoms with E-state index in [1.165, 1.54) is 29.2 Å². The van der Waals surface area contributed by atoms with Crippen LogP contribution in [0.4, 0.5) is 9.18 Å². The SMILES string of the molecule is CC(C)(C)OC(=O)n1cnc(CCC(=O)N[C@@H](Cc2ccc(F)cc2)[C@@H](O)[C@@H](O)C2CC2)c1. The summed E-state index contributed by atoms with van der Waals surface area (Å²) >= 11 is 0. The van der Waals surface area contributed by atoms with Crippen LogP contribution >= 0.6 is 0 Å². The average Bonchev–Trinajstić information content (AvgIpc) is 3.48. The number of ether oxygens (including phenoxy) is 1. The summed E-state index contributed by atoms with van der Waals surface area (Å²) in [4.78, 5) is 28.9. The molecule has 0 saturated heterocycles. The zero-order chi connectivity index (χ0) is 24.2. The van der Waals surface area contributed by atoms with E-state index in [4.69, 9.17) is 4.74 Å². The highest BCUT2D eigenvalue weighted by molar-refractivity contribution is 5.76. The van der Waals surface area contributed by atoms with Gasteiger partial charge < -0.3 is 20.3 Å². The van der Waals surface area contributed by atoms with E-state index in [1.807, 2.05) is 0 Å². The first kappa shape index (κ1) is 24.9. The molecule has 1 aliphatic carbocycles. The van der Waals surface area contributed by atoms with Crippen LogP contribution < -0.4 is 5.32 Å². The summed E-state index contributed by atoms with van der Waals surface area (Å²) in [5.41, 5.74) is 0.650. The Morgan fingerprint density at radius 2 is 1.91 bits per heavy atom. The van der Waals surface area contributed by atoms with Crippen LogP contribution in [-0.2, 0) is 22.4 Å². The molecular weight excluding hydrogens is 429 g/mol. The van der Waals surface area contributed by atoms with Gasteiger partial charge in [0.05, 0.1) is 17.8 Å². The van der Waals surface area contributed by atoms with E-state index < -0.39 is 29.9 Å². The third-order valence-electron chi connectivity index (χ3n) is 5.43. The second kappa shape index (κ2) is 10.4. The smallest absolute Gasteiger partial charge is 0.419 e. The zero-order valence-corrected chi connectivity index (χ0v) is 19.2. The van der Waals surface area contributed by atoms with Gasteiger partial charge in [-0.3, -0.25) is 4.79 Å². The van der Waals surface area contributed by atoms with Crippen LogP contribution in [0.25, 0.3) is 0 Å². The standard InChI is InChI=1S/C24H32FN3O5/c1-24(2,3)33-23(32)28-13-18(26-14-28)10-11-20(29)27-19(22(31)21(30)16-6-7-16)12-15-4-8-17(25)9-5-15/h4-5,8-9,13-14,16,19,21-22,30-31H,6-7,10-12H2,1-3H3,(H,27,29)/t19-,21-,22+/m0/s1. The summed E-state index contributed by atoms with van der Waals surface area (Å²) in [6.45, 7) is 5.30. The van der Waals surface area contributed by atoms with Gasteiger partial charge in [0.15, 0.2) is 0 Å². The van der Waals surface area contributed by atoms with Crippen LogP contribution in [0.2, 0.25) is 0 Å². The van der Waals surface area contributed by atoms with Crippen LogP contribution in [0.3, 0.4) is 0 Å². The number of amides is 1. The molecule has 1 saturated carbocycles. The van der Waals surface area contributed by atoms with E-state index in [1.54, 1.807) is 32.9 Å². The molecule has 1 heterocycles. The van der Waals surface area contributed by atoms with Gasteiger partial charge in [-0.1, -0.05) is 12.1 Å². The summed E-state index contributed by atoms with van der Waals surface area (Å²) < 4.78 is 19.7. The van der Waals surface area contributed by atoms with Crippen molar-refractivity contribution < 1.29 is 28.9 Å². The number of carbonyl (C=O) groups excluding carboxylic acids is 2. The number of hydrogen-bond acceptors (Lipinski definition) is 6. The molecule has 1 aromatic carbocycles. The van der Waals surface area contributed by atoms with Crippen molar-refractivity contribution in [2.45, 2.75) is 76.7 Å². The van der Waals surface area contributed by atoms with Gasteiger partial charge in [-0.2, -0.15) is 0 Å². The first-order chi connectivity index (χ1) is 15.5. The van der Waals surface area contributed by atoms with Gasteiger partial charge in [0.25, 0.3) is 0 Å². The maximum Gasteiger partial charge on any atom is 0.419 e. The fourth-order valence-electron chi connectivity index (χ4n) is 3.51. The third kappa shape index (κ3) is 7.64. The van der Waals surface area contributed by atoms with Gasteiger partial charge in [-0.25, -0.2) is 18.7 Å². The molecule has 3 atom stereocenters. The Hall–Kier alpha value is -2.78. The van der Waals surface area contributed by atoms with Gasteiger partial charge in [0, 0.05) is 12.6 Å². The first-order valence-corrected chi connectivity index (χ1v) is 11.2. The predicted octanol–water partition coefficient (Wildman–Crippen LogP) is 2.60. The van der Waals surface area contributed by atoms with E-state index in [-0.39, 0.29) is 36.9 Å². The lowest BCUT2D eigenvalue weighted by Gasteiger charge is -2.28. The number of imidazole rings is 1. The molecule has 0 unspecified atom stereocenters. The van der Waals surface area contributed by atoms with E-state index in [0.717, 1.165) is 18.4 Å². The number of hydrogen-bond donors (Lipinski definition) is 3. The molecule has 0 radical (unpaired) electrons. The van der Waals surface area contributed by atoms with Crippen molar-refractivity contribution in [3.63, 3.8) is 0 Å². The summed E-state index contributed by atoms with van der Waals surface area (Å²) in [7, 11) is 0. The molecule has 1 aromatic heterocycles. The number of nitrogens with zero attached hydrogens (tertiary/aromatic N) is 2. The van der Waals surface area contributed by atoms with Gasteiger partial charge in [-0.15, -0.1) is 0 Å². The summed E-state index contributed by atoms with van der Waals surface area (Å²) in [5.74, 6) is -0.663. The van der Waals surface area contributed by atoms with Gasteiger partial charge in [0.1, 0.15) is 23.8 Å². The summed E-state index contributed by atoms with van der Waals surface area (Å²) in [6, 6.07) is 5.10. The van der Waals surface area contributed by atoms with Crippen molar-refractivity contribution in [1.82, 2.24) is 14.9 Å². The second-order valence-electron chi connectivity index (χ2n) is 9.58. The minimum atomic E-state index is -1.14. The summed E-state index contributed by atoms with van der Waals surface area (Å²) in [6.07, 6.45) is 2.54. The molecule has 9 heteroatoms. The Labute approximate surface area is 192 Å². The molecule has 180 valence electrons.